The average molecular weight is 369 g/mol. The zero-order valence-corrected chi connectivity index (χ0v) is 17.1. The summed E-state index contributed by atoms with van der Waals surface area (Å²) >= 11 is 0. The fraction of sp³-hybridized carbons (Fsp3) is 0.522. The van der Waals surface area contributed by atoms with Gasteiger partial charge in [-0.05, 0) is 38.1 Å². The van der Waals surface area contributed by atoms with Crippen LogP contribution in [-0.4, -0.2) is 23.3 Å². The minimum Gasteiger partial charge on any atom is -0.446 e. The van der Waals surface area contributed by atoms with Gasteiger partial charge in [0, 0.05) is 28.8 Å². The Morgan fingerprint density at radius 2 is 1.85 bits per heavy atom. The Labute approximate surface area is 162 Å². The van der Waals surface area contributed by atoms with E-state index in [9.17, 15) is 4.79 Å². The van der Waals surface area contributed by atoms with Gasteiger partial charge in [-0.25, -0.2) is 4.79 Å². The molecule has 0 bridgehead atoms. The van der Waals surface area contributed by atoms with Crippen LogP contribution in [0.15, 0.2) is 42.5 Å². The standard InChI is InChI=1S/C23H32N2O2/c1-6-22(4)15-20(16(3)23(5,7-2)25-22)27-21(26)24-19-14-10-12-17-11-8-9-13-18(17)19/h8-14,16,20,25H,6-7,15H2,1-5H3,(H,24,26). The van der Waals surface area contributed by atoms with Crippen LogP contribution in [-0.2, 0) is 4.74 Å². The fourth-order valence-corrected chi connectivity index (χ4v) is 4.28. The molecule has 1 aliphatic rings. The summed E-state index contributed by atoms with van der Waals surface area (Å²) in [6.07, 6.45) is 2.33. The van der Waals surface area contributed by atoms with Crippen molar-refractivity contribution in [3.05, 3.63) is 42.5 Å². The molecule has 3 rings (SSSR count). The smallest absolute Gasteiger partial charge is 0.411 e. The van der Waals surface area contributed by atoms with Crippen molar-refractivity contribution < 1.29 is 9.53 Å². The Balaban J connectivity index is 1.78. The Kier molecular flexibility index (Phi) is 5.48. The van der Waals surface area contributed by atoms with Crippen LogP contribution in [0.4, 0.5) is 10.5 Å². The third-order valence-corrected chi connectivity index (χ3v) is 6.60. The van der Waals surface area contributed by atoms with Crippen LogP contribution in [0, 0.1) is 5.92 Å². The van der Waals surface area contributed by atoms with E-state index < -0.39 is 0 Å². The lowest BCUT2D eigenvalue weighted by atomic mass is 9.70. The molecule has 4 atom stereocenters. The molecule has 4 heteroatoms. The van der Waals surface area contributed by atoms with Crippen molar-refractivity contribution >= 4 is 22.6 Å². The zero-order valence-electron chi connectivity index (χ0n) is 17.1. The molecule has 4 nitrogen and oxygen atoms in total. The van der Waals surface area contributed by atoms with Gasteiger partial charge >= 0.3 is 6.09 Å². The van der Waals surface area contributed by atoms with Crippen molar-refractivity contribution in [3.8, 4) is 0 Å². The van der Waals surface area contributed by atoms with Crippen LogP contribution in [0.3, 0.4) is 0 Å². The number of ether oxygens (including phenoxy) is 1. The van der Waals surface area contributed by atoms with E-state index in [0.717, 1.165) is 35.7 Å². The topological polar surface area (TPSA) is 50.4 Å². The maximum absolute atomic E-state index is 12.7. The van der Waals surface area contributed by atoms with E-state index in [2.05, 4.69) is 45.3 Å². The number of nitrogens with one attached hydrogen (secondary N) is 2. The second-order valence-electron chi connectivity index (χ2n) is 8.40. The number of carbonyl (C=O) groups excluding carboxylic acids is 1. The number of amides is 1. The molecule has 2 aromatic carbocycles. The van der Waals surface area contributed by atoms with E-state index in [1.165, 1.54) is 0 Å². The first-order valence-electron chi connectivity index (χ1n) is 10.0. The van der Waals surface area contributed by atoms with Gasteiger partial charge in [0.25, 0.3) is 0 Å². The number of fused-ring (bicyclic) bond motifs is 1. The van der Waals surface area contributed by atoms with Crippen LogP contribution in [0.1, 0.15) is 53.9 Å². The predicted octanol–water partition coefficient (Wildman–Crippen LogP) is 5.72. The highest BCUT2D eigenvalue weighted by atomic mass is 16.6. The lowest BCUT2D eigenvalue weighted by molar-refractivity contribution is -0.0333. The van der Waals surface area contributed by atoms with Crippen molar-refractivity contribution in [1.29, 1.82) is 0 Å². The van der Waals surface area contributed by atoms with Crippen molar-refractivity contribution in [2.45, 2.75) is 71.1 Å². The molecule has 0 aromatic heterocycles. The lowest BCUT2D eigenvalue weighted by Gasteiger charge is -2.52. The van der Waals surface area contributed by atoms with Crippen LogP contribution in [0.25, 0.3) is 10.8 Å². The second-order valence-corrected chi connectivity index (χ2v) is 8.40. The molecule has 1 saturated heterocycles. The first kappa shape index (κ1) is 19.7. The SMILES string of the molecule is CCC1(C)CC(OC(=O)Nc2cccc3ccccc23)C(C)C(C)(CC)N1. The minimum atomic E-state index is -0.373. The van der Waals surface area contributed by atoms with E-state index in [-0.39, 0.29) is 29.2 Å². The summed E-state index contributed by atoms with van der Waals surface area (Å²) in [6.45, 7) is 11.0. The van der Waals surface area contributed by atoms with Crippen molar-refractivity contribution in [2.24, 2.45) is 5.92 Å². The van der Waals surface area contributed by atoms with E-state index in [4.69, 9.17) is 4.74 Å². The molecule has 1 fully saturated rings. The maximum Gasteiger partial charge on any atom is 0.411 e. The van der Waals surface area contributed by atoms with Gasteiger partial charge in [0.15, 0.2) is 0 Å². The van der Waals surface area contributed by atoms with Gasteiger partial charge in [0.05, 0.1) is 5.69 Å². The fourth-order valence-electron chi connectivity index (χ4n) is 4.28. The largest absolute Gasteiger partial charge is 0.446 e. The maximum atomic E-state index is 12.7. The summed E-state index contributed by atoms with van der Waals surface area (Å²) in [4.78, 5) is 12.7. The number of hydrogen-bond donors (Lipinski definition) is 2. The zero-order chi connectivity index (χ0) is 19.7. The monoisotopic (exact) mass is 368 g/mol. The Morgan fingerprint density at radius 1 is 1.15 bits per heavy atom. The van der Waals surface area contributed by atoms with Crippen molar-refractivity contribution in [1.82, 2.24) is 5.32 Å². The highest BCUT2D eigenvalue weighted by Gasteiger charge is 2.47. The molecule has 4 unspecified atom stereocenters. The predicted molar refractivity (Wildman–Crippen MR) is 112 cm³/mol. The highest BCUT2D eigenvalue weighted by Crippen LogP contribution is 2.39. The molecule has 1 heterocycles. The molecule has 146 valence electrons. The molecule has 0 spiro atoms. The summed E-state index contributed by atoms with van der Waals surface area (Å²) in [5.41, 5.74) is 0.714. The molecule has 0 saturated carbocycles. The molecular weight excluding hydrogens is 336 g/mol. The van der Waals surface area contributed by atoms with Crippen LogP contribution in [0.5, 0.6) is 0 Å². The van der Waals surface area contributed by atoms with Gasteiger partial charge in [-0.15, -0.1) is 0 Å². The molecule has 2 N–H and O–H groups in total. The number of rotatable bonds is 4. The van der Waals surface area contributed by atoms with Crippen LogP contribution >= 0.6 is 0 Å². The number of carbonyl (C=O) groups is 1. The van der Waals surface area contributed by atoms with Gasteiger partial charge in [-0.1, -0.05) is 57.2 Å². The van der Waals surface area contributed by atoms with Crippen molar-refractivity contribution in [3.63, 3.8) is 0 Å². The van der Waals surface area contributed by atoms with Crippen LogP contribution in [0.2, 0.25) is 0 Å². The first-order chi connectivity index (χ1) is 12.8. The van der Waals surface area contributed by atoms with Crippen molar-refractivity contribution in [2.75, 3.05) is 5.32 Å². The van der Waals surface area contributed by atoms with Gasteiger partial charge < -0.3 is 10.1 Å². The third-order valence-electron chi connectivity index (χ3n) is 6.60. The average Bonchev–Trinajstić information content (AvgIpc) is 2.66. The number of hydrogen-bond acceptors (Lipinski definition) is 3. The van der Waals surface area contributed by atoms with Gasteiger partial charge in [0.2, 0.25) is 0 Å². The summed E-state index contributed by atoms with van der Waals surface area (Å²) in [5.74, 6) is 0.236. The number of piperidine rings is 1. The summed E-state index contributed by atoms with van der Waals surface area (Å²) in [5, 5.41) is 8.90. The molecular formula is C23H32N2O2. The van der Waals surface area contributed by atoms with E-state index >= 15 is 0 Å². The van der Waals surface area contributed by atoms with Crippen LogP contribution < -0.4 is 10.6 Å². The summed E-state index contributed by atoms with van der Waals surface area (Å²) in [6, 6.07) is 13.9. The Hall–Kier alpha value is -2.07. The van der Waals surface area contributed by atoms with Gasteiger partial charge in [-0.2, -0.15) is 0 Å². The Bertz CT molecular complexity index is 816. The van der Waals surface area contributed by atoms with E-state index in [1.807, 2.05) is 42.5 Å². The molecule has 1 amide bonds. The lowest BCUT2D eigenvalue weighted by Crippen LogP contribution is -2.66. The molecule has 2 aromatic rings. The molecule has 0 radical (unpaired) electrons. The molecule has 1 aliphatic heterocycles. The number of anilines is 1. The normalized spacial score (nSPS) is 30.9. The summed E-state index contributed by atoms with van der Waals surface area (Å²) in [7, 11) is 0. The van der Waals surface area contributed by atoms with Gasteiger partial charge in [0.1, 0.15) is 6.10 Å². The van der Waals surface area contributed by atoms with E-state index in [0.29, 0.717) is 0 Å². The third kappa shape index (κ3) is 3.96. The molecule has 0 aliphatic carbocycles. The first-order valence-corrected chi connectivity index (χ1v) is 10.0. The van der Waals surface area contributed by atoms with Gasteiger partial charge in [-0.3, -0.25) is 5.32 Å². The minimum absolute atomic E-state index is 0.0261. The number of benzene rings is 2. The van der Waals surface area contributed by atoms with E-state index in [1.54, 1.807) is 0 Å². The molecule has 27 heavy (non-hydrogen) atoms. The highest BCUT2D eigenvalue weighted by molar-refractivity contribution is 6.00. The second kappa shape index (κ2) is 7.51. The summed E-state index contributed by atoms with van der Waals surface area (Å²) < 4.78 is 5.96. The Morgan fingerprint density at radius 3 is 2.56 bits per heavy atom. The quantitative estimate of drug-likeness (QED) is 0.725.